The van der Waals surface area contributed by atoms with E-state index in [4.69, 9.17) is 0 Å². The molecule has 2 heterocycles. The van der Waals surface area contributed by atoms with Crippen molar-refractivity contribution < 1.29 is 13.6 Å². The quantitative estimate of drug-likeness (QED) is 0.774. The number of rotatable bonds is 5. The summed E-state index contributed by atoms with van der Waals surface area (Å²) < 4.78 is 30.8. The van der Waals surface area contributed by atoms with E-state index in [-0.39, 0.29) is 30.4 Å². The van der Waals surface area contributed by atoms with Gasteiger partial charge in [0.1, 0.15) is 17.2 Å². The topological polar surface area (TPSA) is 59.0 Å². The first-order chi connectivity index (χ1) is 13.6. The van der Waals surface area contributed by atoms with E-state index < -0.39 is 22.6 Å². The standard InChI is InChI=1S/C21H26F2N4O.ClH/c22-16-5-3-6-17(23)18(16)20(7-1-2-8-20)15-25-19(28)21(9-12-24-13-10-21)27-14-4-11-26-27;/h3-6,11,14,24H,1-2,7-10,12-13,15H2,(H,25,28);1H. The first kappa shape index (κ1) is 21.7. The summed E-state index contributed by atoms with van der Waals surface area (Å²) in [4.78, 5) is 13.3. The van der Waals surface area contributed by atoms with Crippen LogP contribution in [-0.4, -0.2) is 35.3 Å². The van der Waals surface area contributed by atoms with E-state index in [2.05, 4.69) is 15.7 Å². The number of aromatic nitrogens is 2. The van der Waals surface area contributed by atoms with Crippen LogP contribution < -0.4 is 10.6 Å². The Morgan fingerprint density at radius 1 is 1.10 bits per heavy atom. The van der Waals surface area contributed by atoms with Crippen LogP contribution in [0.4, 0.5) is 8.78 Å². The minimum atomic E-state index is -0.762. The summed E-state index contributed by atoms with van der Waals surface area (Å²) in [7, 11) is 0. The highest BCUT2D eigenvalue weighted by Gasteiger charge is 2.45. The summed E-state index contributed by atoms with van der Waals surface area (Å²) in [5, 5.41) is 10.7. The third-order valence-electron chi connectivity index (χ3n) is 6.44. The minimum Gasteiger partial charge on any atom is -0.353 e. The maximum absolute atomic E-state index is 14.5. The SMILES string of the molecule is Cl.O=C(NCC1(c2c(F)cccc2F)CCCC1)C1(n2cccn2)CCNCC1. The number of carbonyl (C=O) groups is 1. The summed E-state index contributed by atoms with van der Waals surface area (Å²) in [6, 6.07) is 5.80. The molecule has 5 nitrogen and oxygen atoms in total. The molecule has 1 aliphatic heterocycles. The predicted molar refractivity (Wildman–Crippen MR) is 109 cm³/mol. The van der Waals surface area contributed by atoms with Crippen molar-refractivity contribution >= 4 is 18.3 Å². The first-order valence-corrected chi connectivity index (χ1v) is 10.0. The van der Waals surface area contributed by atoms with E-state index in [1.54, 1.807) is 10.9 Å². The van der Waals surface area contributed by atoms with Crippen LogP contribution in [0.2, 0.25) is 0 Å². The number of piperidine rings is 1. The van der Waals surface area contributed by atoms with Crippen LogP contribution in [0.3, 0.4) is 0 Å². The van der Waals surface area contributed by atoms with Gasteiger partial charge in [0.05, 0.1) is 0 Å². The molecule has 0 unspecified atom stereocenters. The second-order valence-corrected chi connectivity index (χ2v) is 8.00. The van der Waals surface area contributed by atoms with Gasteiger partial charge in [-0.1, -0.05) is 18.9 Å². The zero-order valence-electron chi connectivity index (χ0n) is 16.3. The lowest BCUT2D eigenvalue weighted by Crippen LogP contribution is -2.56. The molecule has 2 N–H and O–H groups in total. The number of carbonyl (C=O) groups excluding carboxylic acids is 1. The average Bonchev–Trinajstić information content (AvgIpc) is 3.40. The molecule has 29 heavy (non-hydrogen) atoms. The summed E-state index contributed by atoms with van der Waals surface area (Å²) in [6.45, 7) is 1.68. The molecule has 4 rings (SSSR count). The Balaban J connectivity index is 0.00000240. The Morgan fingerprint density at radius 2 is 1.76 bits per heavy atom. The number of hydrogen-bond acceptors (Lipinski definition) is 3. The fourth-order valence-corrected chi connectivity index (χ4v) is 4.91. The largest absolute Gasteiger partial charge is 0.353 e. The summed E-state index contributed by atoms with van der Waals surface area (Å²) in [5.74, 6) is -1.18. The lowest BCUT2D eigenvalue weighted by Gasteiger charge is -2.38. The Bertz CT molecular complexity index is 811. The van der Waals surface area contributed by atoms with Crippen LogP contribution >= 0.6 is 12.4 Å². The van der Waals surface area contributed by atoms with Crippen molar-refractivity contribution in [2.75, 3.05) is 19.6 Å². The molecule has 1 aliphatic carbocycles. The average molecular weight is 425 g/mol. The van der Waals surface area contributed by atoms with Crippen LogP contribution in [-0.2, 0) is 15.7 Å². The molecule has 1 aromatic heterocycles. The van der Waals surface area contributed by atoms with Gasteiger partial charge in [0.25, 0.3) is 0 Å². The highest BCUT2D eigenvalue weighted by molar-refractivity contribution is 5.85. The number of nitrogens with zero attached hydrogens (tertiary/aromatic N) is 2. The summed E-state index contributed by atoms with van der Waals surface area (Å²) in [5.41, 5.74) is -1.34. The Morgan fingerprint density at radius 3 is 2.34 bits per heavy atom. The highest BCUT2D eigenvalue weighted by Crippen LogP contribution is 2.43. The van der Waals surface area contributed by atoms with E-state index in [1.165, 1.54) is 18.2 Å². The van der Waals surface area contributed by atoms with Crippen molar-refractivity contribution in [1.29, 1.82) is 0 Å². The van der Waals surface area contributed by atoms with Crippen LogP contribution in [0, 0.1) is 11.6 Å². The maximum Gasteiger partial charge on any atom is 0.248 e. The van der Waals surface area contributed by atoms with Crippen molar-refractivity contribution in [1.82, 2.24) is 20.4 Å². The zero-order chi connectivity index (χ0) is 19.6. The number of nitrogens with one attached hydrogen (secondary N) is 2. The van der Waals surface area contributed by atoms with Gasteiger partial charge in [0, 0.05) is 29.9 Å². The van der Waals surface area contributed by atoms with Gasteiger partial charge >= 0.3 is 0 Å². The molecule has 0 bridgehead atoms. The molecule has 2 aliphatic rings. The first-order valence-electron chi connectivity index (χ1n) is 10.0. The molecule has 1 aromatic carbocycles. The van der Waals surface area contributed by atoms with E-state index in [9.17, 15) is 13.6 Å². The number of halogens is 3. The Labute approximate surface area is 175 Å². The summed E-state index contributed by atoms with van der Waals surface area (Å²) in [6.07, 6.45) is 7.87. The van der Waals surface area contributed by atoms with Gasteiger partial charge in [0.15, 0.2) is 0 Å². The Kier molecular flexibility index (Phi) is 6.58. The van der Waals surface area contributed by atoms with Crippen molar-refractivity contribution in [3.63, 3.8) is 0 Å². The van der Waals surface area contributed by atoms with Gasteiger partial charge < -0.3 is 10.6 Å². The lowest BCUT2D eigenvalue weighted by atomic mass is 9.77. The molecule has 158 valence electrons. The Hall–Kier alpha value is -1.99. The second-order valence-electron chi connectivity index (χ2n) is 8.00. The zero-order valence-corrected chi connectivity index (χ0v) is 17.1. The maximum atomic E-state index is 14.5. The number of hydrogen-bond donors (Lipinski definition) is 2. The molecule has 8 heteroatoms. The van der Waals surface area contributed by atoms with Crippen LogP contribution in [0.5, 0.6) is 0 Å². The van der Waals surface area contributed by atoms with Gasteiger partial charge in [-0.2, -0.15) is 5.10 Å². The fourth-order valence-electron chi connectivity index (χ4n) is 4.91. The monoisotopic (exact) mass is 424 g/mol. The molecule has 1 amide bonds. The van der Waals surface area contributed by atoms with Crippen LogP contribution in [0.15, 0.2) is 36.7 Å². The predicted octanol–water partition coefficient (Wildman–Crippen LogP) is 3.29. The third-order valence-corrected chi connectivity index (χ3v) is 6.44. The molecule has 2 fully saturated rings. The molecule has 0 radical (unpaired) electrons. The molecule has 1 saturated heterocycles. The highest BCUT2D eigenvalue weighted by atomic mass is 35.5. The lowest BCUT2D eigenvalue weighted by molar-refractivity contribution is -0.132. The van der Waals surface area contributed by atoms with Crippen molar-refractivity contribution in [2.45, 2.75) is 49.5 Å². The van der Waals surface area contributed by atoms with Crippen LogP contribution in [0.1, 0.15) is 44.1 Å². The molecular formula is C21H27ClF2N4O. The molecule has 0 atom stereocenters. The third kappa shape index (κ3) is 3.90. The normalized spacial score (nSPS) is 20.1. The van der Waals surface area contributed by atoms with Gasteiger partial charge in [-0.3, -0.25) is 9.48 Å². The van der Waals surface area contributed by atoms with E-state index in [0.29, 0.717) is 25.7 Å². The van der Waals surface area contributed by atoms with Crippen molar-refractivity contribution in [3.05, 3.63) is 53.9 Å². The molecular weight excluding hydrogens is 398 g/mol. The van der Waals surface area contributed by atoms with E-state index in [0.717, 1.165) is 25.9 Å². The second kappa shape index (κ2) is 8.79. The van der Waals surface area contributed by atoms with E-state index >= 15 is 0 Å². The fraction of sp³-hybridized carbons (Fsp3) is 0.524. The molecule has 2 aromatic rings. The van der Waals surface area contributed by atoms with Gasteiger partial charge in [-0.15, -0.1) is 12.4 Å². The molecule has 1 saturated carbocycles. The van der Waals surface area contributed by atoms with Crippen molar-refractivity contribution in [3.8, 4) is 0 Å². The van der Waals surface area contributed by atoms with Crippen molar-refractivity contribution in [2.24, 2.45) is 0 Å². The van der Waals surface area contributed by atoms with Gasteiger partial charge in [-0.05, 0) is 57.0 Å². The van der Waals surface area contributed by atoms with Gasteiger partial charge in [-0.25, -0.2) is 8.78 Å². The molecule has 0 spiro atoms. The summed E-state index contributed by atoms with van der Waals surface area (Å²) >= 11 is 0. The minimum absolute atomic E-state index is 0. The smallest absolute Gasteiger partial charge is 0.248 e. The van der Waals surface area contributed by atoms with E-state index in [1.807, 2.05) is 12.3 Å². The van der Waals surface area contributed by atoms with Crippen LogP contribution in [0.25, 0.3) is 0 Å². The number of benzene rings is 1. The van der Waals surface area contributed by atoms with Gasteiger partial charge in [0.2, 0.25) is 5.91 Å². The number of amides is 1.